The molecule has 0 fully saturated rings. The van der Waals surface area contributed by atoms with Crippen molar-refractivity contribution in [3.63, 3.8) is 0 Å². The van der Waals surface area contributed by atoms with E-state index in [0.29, 0.717) is 23.3 Å². The molecule has 1 aromatic heterocycles. The summed E-state index contributed by atoms with van der Waals surface area (Å²) in [7, 11) is 0. The molecule has 0 amide bonds. The Morgan fingerprint density at radius 2 is 1.84 bits per heavy atom. The van der Waals surface area contributed by atoms with Gasteiger partial charge in [-0.05, 0) is 24.1 Å². The first-order valence-electron chi connectivity index (χ1n) is 5.94. The van der Waals surface area contributed by atoms with Crippen LogP contribution in [0, 0.1) is 0 Å². The SMILES string of the molecule is OCCc1ccccc1NCc1ccc(Cl)nc1Cl. The van der Waals surface area contributed by atoms with Crippen LogP contribution < -0.4 is 5.32 Å². The van der Waals surface area contributed by atoms with Crippen LogP contribution in [0.2, 0.25) is 10.3 Å². The molecule has 0 aliphatic carbocycles. The Kier molecular flexibility index (Phi) is 5.02. The van der Waals surface area contributed by atoms with Gasteiger partial charge in [-0.2, -0.15) is 0 Å². The quantitative estimate of drug-likeness (QED) is 0.830. The van der Waals surface area contributed by atoms with Gasteiger partial charge in [-0.15, -0.1) is 0 Å². The maximum absolute atomic E-state index is 9.03. The van der Waals surface area contributed by atoms with Crippen LogP contribution in [0.1, 0.15) is 11.1 Å². The van der Waals surface area contributed by atoms with Gasteiger partial charge in [0.25, 0.3) is 0 Å². The van der Waals surface area contributed by atoms with Gasteiger partial charge in [-0.25, -0.2) is 4.98 Å². The number of aliphatic hydroxyl groups excluding tert-OH is 1. The topological polar surface area (TPSA) is 45.1 Å². The number of aliphatic hydroxyl groups is 1. The molecule has 1 aromatic carbocycles. The Balaban J connectivity index is 2.10. The molecule has 0 radical (unpaired) electrons. The van der Waals surface area contributed by atoms with E-state index in [1.165, 1.54) is 0 Å². The summed E-state index contributed by atoms with van der Waals surface area (Å²) in [4.78, 5) is 4.00. The zero-order valence-corrected chi connectivity index (χ0v) is 11.7. The molecule has 0 unspecified atom stereocenters. The molecule has 2 aromatic rings. The Labute approximate surface area is 122 Å². The van der Waals surface area contributed by atoms with E-state index in [9.17, 15) is 0 Å². The van der Waals surface area contributed by atoms with Gasteiger partial charge in [0, 0.05) is 24.4 Å². The van der Waals surface area contributed by atoms with Crippen LogP contribution in [-0.4, -0.2) is 16.7 Å². The summed E-state index contributed by atoms with van der Waals surface area (Å²) in [6.07, 6.45) is 0.621. The van der Waals surface area contributed by atoms with Gasteiger partial charge in [0.1, 0.15) is 10.3 Å². The molecule has 3 nitrogen and oxygen atoms in total. The standard InChI is InChI=1S/C14H14Cl2N2O/c15-13-6-5-11(14(16)18-13)9-17-12-4-2-1-3-10(12)7-8-19/h1-6,17,19H,7-9H2. The van der Waals surface area contributed by atoms with Gasteiger partial charge in [0.05, 0.1) is 0 Å². The molecule has 0 spiro atoms. The van der Waals surface area contributed by atoms with Crippen molar-refractivity contribution in [2.24, 2.45) is 0 Å². The second-order valence-electron chi connectivity index (χ2n) is 4.07. The third kappa shape index (κ3) is 3.83. The monoisotopic (exact) mass is 296 g/mol. The molecule has 0 saturated carbocycles. The molecule has 0 atom stereocenters. The van der Waals surface area contributed by atoms with Crippen molar-refractivity contribution in [1.29, 1.82) is 0 Å². The third-order valence-electron chi connectivity index (χ3n) is 2.76. The Morgan fingerprint density at radius 1 is 1.05 bits per heavy atom. The Bertz CT molecular complexity index is 561. The van der Waals surface area contributed by atoms with Crippen molar-refractivity contribution in [2.75, 3.05) is 11.9 Å². The van der Waals surface area contributed by atoms with Gasteiger partial charge >= 0.3 is 0 Å². The van der Waals surface area contributed by atoms with Gasteiger partial charge in [-0.1, -0.05) is 47.5 Å². The number of rotatable bonds is 5. The maximum Gasteiger partial charge on any atom is 0.135 e. The van der Waals surface area contributed by atoms with E-state index in [2.05, 4.69) is 10.3 Å². The number of nitrogens with zero attached hydrogens (tertiary/aromatic N) is 1. The lowest BCUT2D eigenvalue weighted by Gasteiger charge is -2.12. The van der Waals surface area contributed by atoms with Crippen LogP contribution in [0.3, 0.4) is 0 Å². The first-order valence-corrected chi connectivity index (χ1v) is 6.70. The highest BCUT2D eigenvalue weighted by Gasteiger charge is 2.05. The van der Waals surface area contributed by atoms with E-state index in [4.69, 9.17) is 28.3 Å². The maximum atomic E-state index is 9.03. The van der Waals surface area contributed by atoms with Gasteiger partial charge in [0.2, 0.25) is 0 Å². The van der Waals surface area contributed by atoms with Crippen LogP contribution in [0.15, 0.2) is 36.4 Å². The number of para-hydroxylation sites is 1. The molecule has 0 aliphatic heterocycles. The Morgan fingerprint density at radius 3 is 2.58 bits per heavy atom. The molecule has 2 rings (SSSR count). The lowest BCUT2D eigenvalue weighted by molar-refractivity contribution is 0.300. The molecule has 19 heavy (non-hydrogen) atoms. The minimum atomic E-state index is 0.127. The number of hydrogen-bond donors (Lipinski definition) is 2. The largest absolute Gasteiger partial charge is 0.396 e. The van der Waals surface area contributed by atoms with Crippen LogP contribution in [-0.2, 0) is 13.0 Å². The number of aromatic nitrogens is 1. The number of benzene rings is 1. The minimum absolute atomic E-state index is 0.127. The summed E-state index contributed by atoms with van der Waals surface area (Å²) in [5.74, 6) is 0. The van der Waals surface area contributed by atoms with Crippen molar-refractivity contribution >= 4 is 28.9 Å². The summed E-state index contributed by atoms with van der Waals surface area (Å²) >= 11 is 11.8. The molecule has 1 heterocycles. The number of pyridine rings is 1. The van der Waals surface area contributed by atoms with Crippen molar-refractivity contribution in [3.05, 3.63) is 57.8 Å². The molecular weight excluding hydrogens is 283 g/mol. The molecule has 2 N–H and O–H groups in total. The molecular formula is C14H14Cl2N2O. The number of hydrogen-bond acceptors (Lipinski definition) is 3. The van der Waals surface area contributed by atoms with Crippen molar-refractivity contribution in [3.8, 4) is 0 Å². The van der Waals surface area contributed by atoms with Gasteiger partial charge in [-0.3, -0.25) is 0 Å². The first-order chi connectivity index (χ1) is 9.20. The van der Waals surface area contributed by atoms with E-state index >= 15 is 0 Å². The van der Waals surface area contributed by atoms with E-state index in [0.717, 1.165) is 16.8 Å². The third-order valence-corrected chi connectivity index (χ3v) is 3.30. The average Bonchev–Trinajstić information content (AvgIpc) is 2.40. The second kappa shape index (κ2) is 6.75. The van der Waals surface area contributed by atoms with Crippen LogP contribution >= 0.6 is 23.2 Å². The normalized spacial score (nSPS) is 10.5. The van der Waals surface area contributed by atoms with Gasteiger partial charge < -0.3 is 10.4 Å². The molecule has 5 heteroatoms. The fourth-order valence-corrected chi connectivity index (χ4v) is 2.21. The van der Waals surface area contributed by atoms with Crippen molar-refractivity contribution < 1.29 is 5.11 Å². The molecule has 0 saturated heterocycles. The smallest absolute Gasteiger partial charge is 0.135 e. The summed E-state index contributed by atoms with van der Waals surface area (Å²) in [6, 6.07) is 11.4. The average molecular weight is 297 g/mol. The van der Waals surface area contributed by atoms with E-state index in [1.54, 1.807) is 6.07 Å². The summed E-state index contributed by atoms with van der Waals surface area (Å²) in [5, 5.41) is 13.1. The molecule has 100 valence electrons. The van der Waals surface area contributed by atoms with E-state index in [-0.39, 0.29) is 6.61 Å². The highest BCUT2D eigenvalue weighted by Crippen LogP contribution is 2.20. The predicted molar refractivity (Wildman–Crippen MR) is 78.8 cm³/mol. The van der Waals surface area contributed by atoms with Crippen molar-refractivity contribution in [2.45, 2.75) is 13.0 Å². The van der Waals surface area contributed by atoms with E-state index in [1.807, 2.05) is 30.3 Å². The number of anilines is 1. The fraction of sp³-hybridized carbons (Fsp3) is 0.214. The van der Waals surface area contributed by atoms with Crippen LogP contribution in [0.5, 0.6) is 0 Å². The van der Waals surface area contributed by atoms with Crippen molar-refractivity contribution in [1.82, 2.24) is 4.98 Å². The fourth-order valence-electron chi connectivity index (χ4n) is 1.79. The zero-order valence-electron chi connectivity index (χ0n) is 10.2. The summed E-state index contributed by atoms with van der Waals surface area (Å²) in [6.45, 7) is 0.688. The lowest BCUT2D eigenvalue weighted by Crippen LogP contribution is -2.04. The minimum Gasteiger partial charge on any atom is -0.396 e. The highest BCUT2D eigenvalue weighted by molar-refractivity contribution is 6.32. The number of nitrogens with one attached hydrogen (secondary N) is 1. The van der Waals surface area contributed by atoms with E-state index < -0.39 is 0 Å². The Hall–Kier alpha value is -1.29. The zero-order chi connectivity index (χ0) is 13.7. The van der Waals surface area contributed by atoms with Gasteiger partial charge in [0.15, 0.2) is 0 Å². The summed E-state index contributed by atoms with van der Waals surface area (Å²) < 4.78 is 0. The van der Waals surface area contributed by atoms with Crippen LogP contribution in [0.25, 0.3) is 0 Å². The first kappa shape index (κ1) is 14.1. The second-order valence-corrected chi connectivity index (χ2v) is 4.81. The summed E-state index contributed by atoms with van der Waals surface area (Å²) in [5.41, 5.74) is 2.94. The number of halogens is 2. The lowest BCUT2D eigenvalue weighted by atomic mass is 10.1. The predicted octanol–water partition coefficient (Wildman–Crippen LogP) is 3.54. The highest BCUT2D eigenvalue weighted by atomic mass is 35.5. The molecule has 0 bridgehead atoms. The van der Waals surface area contributed by atoms with Crippen LogP contribution in [0.4, 0.5) is 5.69 Å². The molecule has 0 aliphatic rings.